The van der Waals surface area contributed by atoms with Crippen LogP contribution in [0.15, 0.2) is 16.7 Å². The molecule has 0 aliphatic carbocycles. The van der Waals surface area contributed by atoms with E-state index in [-0.39, 0.29) is 5.91 Å². The molecule has 2 aromatic heterocycles. The van der Waals surface area contributed by atoms with E-state index in [2.05, 4.69) is 36.2 Å². The van der Waals surface area contributed by atoms with Crippen molar-refractivity contribution in [3.05, 3.63) is 22.6 Å². The lowest BCUT2D eigenvalue weighted by Crippen LogP contribution is -2.38. The van der Waals surface area contributed by atoms with Gasteiger partial charge >= 0.3 is 0 Å². The summed E-state index contributed by atoms with van der Waals surface area (Å²) >= 11 is 3.33. The van der Waals surface area contributed by atoms with E-state index in [9.17, 15) is 4.79 Å². The zero-order valence-electron chi connectivity index (χ0n) is 9.20. The average Bonchev–Trinajstić information content (AvgIpc) is 2.67. The number of rotatable bonds is 3. The van der Waals surface area contributed by atoms with Gasteiger partial charge in [-0.15, -0.1) is 0 Å². The molecular formula is C10H12BrN5O. The second-order valence-corrected chi connectivity index (χ2v) is 4.63. The van der Waals surface area contributed by atoms with Gasteiger partial charge in [0.1, 0.15) is 5.82 Å². The summed E-state index contributed by atoms with van der Waals surface area (Å²) in [6, 6.07) is 1.36. The van der Waals surface area contributed by atoms with Crippen LogP contribution in [0.4, 0.5) is 0 Å². The molecule has 4 N–H and O–H groups in total. The van der Waals surface area contributed by atoms with Crippen LogP contribution in [0.1, 0.15) is 12.7 Å². The SMILES string of the molecule is C[C@@H](N)C(=O)NCc1nc2ncc(Br)cc2[nH]1. The zero-order valence-corrected chi connectivity index (χ0v) is 10.8. The molecule has 0 saturated heterocycles. The minimum Gasteiger partial charge on any atom is -0.348 e. The Bertz CT molecular complexity index is 551. The van der Waals surface area contributed by atoms with E-state index >= 15 is 0 Å². The molecule has 0 aromatic carbocycles. The highest BCUT2D eigenvalue weighted by Crippen LogP contribution is 2.14. The largest absolute Gasteiger partial charge is 0.348 e. The van der Waals surface area contributed by atoms with Crippen LogP contribution in [-0.4, -0.2) is 26.9 Å². The predicted molar refractivity (Wildman–Crippen MR) is 67.1 cm³/mol. The Kier molecular flexibility index (Phi) is 3.39. The Labute approximate surface area is 106 Å². The molecule has 1 atom stereocenters. The van der Waals surface area contributed by atoms with Gasteiger partial charge in [0.05, 0.1) is 18.1 Å². The number of H-pyrrole nitrogens is 1. The van der Waals surface area contributed by atoms with Gasteiger partial charge in [0.2, 0.25) is 5.91 Å². The molecule has 2 rings (SSSR count). The van der Waals surface area contributed by atoms with Gasteiger partial charge in [-0.3, -0.25) is 4.79 Å². The van der Waals surface area contributed by atoms with Crippen molar-refractivity contribution in [2.75, 3.05) is 0 Å². The Hall–Kier alpha value is -1.47. The number of nitrogens with zero attached hydrogens (tertiary/aromatic N) is 2. The Balaban J connectivity index is 2.12. The molecule has 0 radical (unpaired) electrons. The first-order chi connectivity index (χ1) is 8.06. The number of hydrogen-bond donors (Lipinski definition) is 3. The number of carbonyl (C=O) groups excluding carboxylic acids is 1. The topological polar surface area (TPSA) is 96.7 Å². The van der Waals surface area contributed by atoms with Crippen LogP contribution < -0.4 is 11.1 Å². The van der Waals surface area contributed by atoms with Crippen LogP contribution in [0.3, 0.4) is 0 Å². The van der Waals surface area contributed by atoms with Crippen LogP contribution >= 0.6 is 15.9 Å². The van der Waals surface area contributed by atoms with Crippen LogP contribution in [0, 0.1) is 0 Å². The summed E-state index contributed by atoms with van der Waals surface area (Å²) in [6.45, 7) is 1.95. The number of aromatic amines is 1. The average molecular weight is 298 g/mol. The molecule has 0 spiro atoms. The van der Waals surface area contributed by atoms with Gasteiger partial charge in [-0.25, -0.2) is 9.97 Å². The third-order valence-corrected chi connectivity index (χ3v) is 2.63. The highest BCUT2D eigenvalue weighted by atomic mass is 79.9. The Morgan fingerprint density at radius 2 is 2.47 bits per heavy atom. The van der Waals surface area contributed by atoms with Crippen molar-refractivity contribution in [2.24, 2.45) is 5.73 Å². The first-order valence-corrected chi connectivity index (χ1v) is 5.89. The minimum absolute atomic E-state index is 0.209. The van der Waals surface area contributed by atoms with Gasteiger partial charge in [-0.05, 0) is 28.9 Å². The molecule has 90 valence electrons. The molecule has 0 unspecified atom stereocenters. The molecule has 7 heteroatoms. The van der Waals surface area contributed by atoms with Crippen molar-refractivity contribution in [3.63, 3.8) is 0 Å². The van der Waals surface area contributed by atoms with E-state index in [0.29, 0.717) is 18.0 Å². The number of nitrogens with two attached hydrogens (primary N) is 1. The minimum atomic E-state index is -0.522. The second-order valence-electron chi connectivity index (χ2n) is 3.71. The zero-order chi connectivity index (χ0) is 12.4. The van der Waals surface area contributed by atoms with Crippen LogP contribution in [-0.2, 0) is 11.3 Å². The Morgan fingerprint density at radius 3 is 3.18 bits per heavy atom. The van der Waals surface area contributed by atoms with E-state index in [1.54, 1.807) is 13.1 Å². The van der Waals surface area contributed by atoms with Gasteiger partial charge < -0.3 is 16.0 Å². The van der Waals surface area contributed by atoms with Gasteiger partial charge in [0.15, 0.2) is 5.65 Å². The fourth-order valence-corrected chi connectivity index (χ4v) is 1.67. The number of aromatic nitrogens is 3. The van der Waals surface area contributed by atoms with Gasteiger partial charge in [-0.2, -0.15) is 0 Å². The van der Waals surface area contributed by atoms with Crippen LogP contribution in [0.2, 0.25) is 0 Å². The maximum absolute atomic E-state index is 11.3. The molecular weight excluding hydrogens is 286 g/mol. The molecule has 6 nitrogen and oxygen atoms in total. The maximum atomic E-state index is 11.3. The standard InChI is InChI=1S/C10H12BrN5O/c1-5(12)10(17)14-4-8-15-7-2-6(11)3-13-9(7)16-8/h2-3,5H,4,12H2,1H3,(H,14,17)(H,13,15,16)/t5-/m1/s1. The summed E-state index contributed by atoms with van der Waals surface area (Å²) in [7, 11) is 0. The van der Waals surface area contributed by atoms with Crippen molar-refractivity contribution >= 4 is 33.0 Å². The number of imidazole rings is 1. The molecule has 0 aliphatic rings. The van der Waals surface area contributed by atoms with Crippen molar-refractivity contribution in [3.8, 4) is 0 Å². The highest BCUT2D eigenvalue weighted by Gasteiger charge is 2.09. The molecule has 0 fully saturated rings. The molecule has 0 bridgehead atoms. The number of pyridine rings is 1. The summed E-state index contributed by atoms with van der Waals surface area (Å²) in [5, 5.41) is 2.68. The fraction of sp³-hybridized carbons (Fsp3) is 0.300. The summed E-state index contributed by atoms with van der Waals surface area (Å²) in [5.74, 6) is 0.444. The second kappa shape index (κ2) is 4.80. The quantitative estimate of drug-likeness (QED) is 0.776. The molecule has 0 saturated carbocycles. The monoisotopic (exact) mass is 297 g/mol. The van der Waals surface area contributed by atoms with Crippen molar-refractivity contribution in [2.45, 2.75) is 19.5 Å². The summed E-state index contributed by atoms with van der Waals surface area (Å²) < 4.78 is 0.875. The number of carbonyl (C=O) groups is 1. The predicted octanol–water partition coefficient (Wildman–Crippen LogP) is 0.684. The lowest BCUT2D eigenvalue weighted by Gasteiger charge is -2.04. The number of amides is 1. The van der Waals surface area contributed by atoms with Crippen molar-refractivity contribution in [1.29, 1.82) is 0 Å². The molecule has 2 heterocycles. The van der Waals surface area contributed by atoms with Gasteiger partial charge in [0.25, 0.3) is 0 Å². The third kappa shape index (κ3) is 2.80. The summed E-state index contributed by atoms with van der Waals surface area (Å²) in [4.78, 5) is 22.7. The van der Waals surface area contributed by atoms with E-state index in [4.69, 9.17) is 5.73 Å². The fourth-order valence-electron chi connectivity index (χ4n) is 1.34. The maximum Gasteiger partial charge on any atom is 0.237 e. The number of hydrogen-bond acceptors (Lipinski definition) is 4. The highest BCUT2D eigenvalue weighted by molar-refractivity contribution is 9.10. The summed E-state index contributed by atoms with van der Waals surface area (Å²) in [5.41, 5.74) is 6.88. The van der Waals surface area contributed by atoms with Crippen molar-refractivity contribution in [1.82, 2.24) is 20.3 Å². The van der Waals surface area contributed by atoms with Gasteiger partial charge in [-0.1, -0.05) is 0 Å². The number of halogens is 1. The van der Waals surface area contributed by atoms with E-state index < -0.39 is 6.04 Å². The molecule has 2 aromatic rings. The van der Waals surface area contributed by atoms with E-state index in [1.165, 1.54) is 0 Å². The lowest BCUT2D eigenvalue weighted by molar-refractivity contribution is -0.122. The van der Waals surface area contributed by atoms with Gasteiger partial charge in [0, 0.05) is 10.7 Å². The van der Waals surface area contributed by atoms with E-state index in [1.807, 2.05) is 6.07 Å². The van der Waals surface area contributed by atoms with Crippen LogP contribution in [0.25, 0.3) is 11.2 Å². The third-order valence-electron chi connectivity index (χ3n) is 2.20. The number of fused-ring (bicyclic) bond motifs is 1. The van der Waals surface area contributed by atoms with E-state index in [0.717, 1.165) is 9.99 Å². The lowest BCUT2D eigenvalue weighted by atomic mass is 10.3. The molecule has 1 amide bonds. The Morgan fingerprint density at radius 1 is 1.71 bits per heavy atom. The normalized spacial score (nSPS) is 12.6. The first kappa shape index (κ1) is 12.0. The van der Waals surface area contributed by atoms with Crippen LogP contribution in [0.5, 0.6) is 0 Å². The molecule has 17 heavy (non-hydrogen) atoms. The summed E-state index contributed by atoms with van der Waals surface area (Å²) in [6.07, 6.45) is 1.67. The smallest absolute Gasteiger partial charge is 0.237 e. The number of nitrogens with one attached hydrogen (secondary N) is 2. The van der Waals surface area contributed by atoms with Crippen molar-refractivity contribution < 1.29 is 4.79 Å². The molecule has 0 aliphatic heterocycles. The first-order valence-electron chi connectivity index (χ1n) is 5.09.